The van der Waals surface area contributed by atoms with Crippen LogP contribution >= 0.6 is 0 Å². The standard InChI is InChI=1S/C19H25N5O2/c1-23-9-10-24(13-19(23)26)18-12-17(20-14-21-18)22-16(8-5-11-25)15-6-3-2-4-7-15/h2-4,6-7,12,14,16,25H,5,8-11,13H2,1H3,(H,20,21,22). The third kappa shape index (κ3) is 4.49. The first-order valence-electron chi connectivity index (χ1n) is 8.90. The van der Waals surface area contributed by atoms with E-state index in [0.29, 0.717) is 25.3 Å². The van der Waals surface area contributed by atoms with E-state index >= 15 is 0 Å². The van der Waals surface area contributed by atoms with Crippen LogP contribution in [0.5, 0.6) is 0 Å². The van der Waals surface area contributed by atoms with Gasteiger partial charge in [-0.25, -0.2) is 9.97 Å². The zero-order chi connectivity index (χ0) is 18.4. The molecule has 0 radical (unpaired) electrons. The Morgan fingerprint density at radius 3 is 2.77 bits per heavy atom. The summed E-state index contributed by atoms with van der Waals surface area (Å²) in [7, 11) is 1.82. The maximum absolute atomic E-state index is 11.9. The number of aliphatic hydroxyl groups excluding tert-OH is 1. The Morgan fingerprint density at radius 2 is 2.04 bits per heavy atom. The maximum Gasteiger partial charge on any atom is 0.241 e. The largest absolute Gasteiger partial charge is 0.396 e. The van der Waals surface area contributed by atoms with Crippen LogP contribution in [-0.2, 0) is 4.79 Å². The summed E-state index contributed by atoms with van der Waals surface area (Å²) in [6, 6.07) is 12.1. The highest BCUT2D eigenvalue weighted by atomic mass is 16.3. The summed E-state index contributed by atoms with van der Waals surface area (Å²) in [5.74, 6) is 1.56. The number of hydrogen-bond donors (Lipinski definition) is 2. The molecule has 1 aliphatic heterocycles. The van der Waals surface area contributed by atoms with Crippen molar-refractivity contribution in [3.05, 3.63) is 48.3 Å². The molecule has 1 saturated heterocycles. The molecular weight excluding hydrogens is 330 g/mol. The summed E-state index contributed by atoms with van der Waals surface area (Å²) in [6.45, 7) is 1.93. The fourth-order valence-corrected chi connectivity index (χ4v) is 3.03. The summed E-state index contributed by atoms with van der Waals surface area (Å²) in [5.41, 5.74) is 1.15. The van der Waals surface area contributed by atoms with Gasteiger partial charge in [-0.1, -0.05) is 30.3 Å². The molecule has 1 fully saturated rings. The molecule has 2 N–H and O–H groups in total. The Labute approximate surface area is 153 Å². The molecule has 0 aliphatic carbocycles. The van der Waals surface area contributed by atoms with E-state index in [0.717, 1.165) is 24.3 Å². The van der Waals surface area contributed by atoms with Crippen LogP contribution in [0.15, 0.2) is 42.7 Å². The lowest BCUT2D eigenvalue weighted by Crippen LogP contribution is -2.48. The Hall–Kier alpha value is -2.67. The summed E-state index contributed by atoms with van der Waals surface area (Å²) < 4.78 is 0. The monoisotopic (exact) mass is 355 g/mol. The molecule has 2 heterocycles. The van der Waals surface area contributed by atoms with Gasteiger partial charge in [-0.05, 0) is 18.4 Å². The number of aliphatic hydroxyl groups is 1. The smallest absolute Gasteiger partial charge is 0.241 e. The molecule has 0 bridgehead atoms. The SMILES string of the molecule is CN1CCN(c2cc(NC(CCCO)c3ccccc3)ncn2)CC1=O. The number of amides is 1. The van der Waals surface area contributed by atoms with Crippen molar-refractivity contribution in [1.29, 1.82) is 0 Å². The normalized spacial score (nSPS) is 15.8. The first-order chi connectivity index (χ1) is 12.7. The van der Waals surface area contributed by atoms with Gasteiger partial charge in [0.2, 0.25) is 5.91 Å². The first kappa shape index (κ1) is 18.1. The van der Waals surface area contributed by atoms with Gasteiger partial charge >= 0.3 is 0 Å². The van der Waals surface area contributed by atoms with Crippen molar-refractivity contribution in [3.63, 3.8) is 0 Å². The third-order valence-electron chi connectivity index (χ3n) is 4.61. The number of likely N-dealkylation sites (N-methyl/N-ethyl adjacent to an activating group) is 1. The molecule has 1 unspecified atom stereocenters. The van der Waals surface area contributed by atoms with Gasteiger partial charge in [0.05, 0.1) is 12.6 Å². The second kappa shape index (κ2) is 8.62. The molecular formula is C19H25N5O2. The fraction of sp³-hybridized carbons (Fsp3) is 0.421. The molecule has 1 aromatic carbocycles. The number of hydrogen-bond acceptors (Lipinski definition) is 6. The van der Waals surface area contributed by atoms with Crippen molar-refractivity contribution in [2.75, 3.05) is 43.5 Å². The van der Waals surface area contributed by atoms with Crippen molar-refractivity contribution >= 4 is 17.5 Å². The van der Waals surface area contributed by atoms with Gasteiger partial charge in [-0.15, -0.1) is 0 Å². The van der Waals surface area contributed by atoms with Crippen LogP contribution in [0.25, 0.3) is 0 Å². The van der Waals surface area contributed by atoms with Crippen LogP contribution < -0.4 is 10.2 Å². The fourth-order valence-electron chi connectivity index (χ4n) is 3.03. The molecule has 3 rings (SSSR count). The van der Waals surface area contributed by atoms with E-state index in [4.69, 9.17) is 0 Å². The highest BCUT2D eigenvalue weighted by Crippen LogP contribution is 2.24. The van der Waals surface area contributed by atoms with Crippen LogP contribution in [-0.4, -0.2) is 59.2 Å². The Bertz CT molecular complexity index is 725. The minimum atomic E-state index is 0.0558. The topological polar surface area (TPSA) is 81.6 Å². The number of carbonyl (C=O) groups is 1. The van der Waals surface area contributed by atoms with E-state index in [9.17, 15) is 9.90 Å². The highest BCUT2D eigenvalue weighted by Gasteiger charge is 2.22. The predicted molar refractivity (Wildman–Crippen MR) is 101 cm³/mol. The van der Waals surface area contributed by atoms with Gasteiger partial charge in [0.15, 0.2) is 0 Å². The van der Waals surface area contributed by atoms with Gasteiger partial charge in [-0.3, -0.25) is 4.79 Å². The lowest BCUT2D eigenvalue weighted by molar-refractivity contribution is -0.129. The van der Waals surface area contributed by atoms with Crippen LogP contribution in [0.4, 0.5) is 11.6 Å². The lowest BCUT2D eigenvalue weighted by Gasteiger charge is -2.32. The van der Waals surface area contributed by atoms with Gasteiger partial charge in [0.25, 0.3) is 0 Å². The Kier molecular flexibility index (Phi) is 6.01. The number of piperazine rings is 1. The zero-order valence-corrected chi connectivity index (χ0v) is 15.0. The maximum atomic E-state index is 11.9. The first-order valence-corrected chi connectivity index (χ1v) is 8.90. The molecule has 26 heavy (non-hydrogen) atoms. The van der Waals surface area contributed by atoms with Crippen molar-refractivity contribution in [3.8, 4) is 0 Å². The molecule has 7 nitrogen and oxygen atoms in total. The number of benzene rings is 1. The van der Waals surface area contributed by atoms with E-state index < -0.39 is 0 Å². The number of nitrogens with zero attached hydrogens (tertiary/aromatic N) is 4. The summed E-state index contributed by atoms with van der Waals surface area (Å²) in [6.07, 6.45) is 3.03. The number of aromatic nitrogens is 2. The van der Waals surface area contributed by atoms with Crippen molar-refractivity contribution in [2.24, 2.45) is 0 Å². The number of anilines is 2. The lowest BCUT2D eigenvalue weighted by atomic mass is 10.0. The van der Waals surface area contributed by atoms with Crippen LogP contribution in [0.2, 0.25) is 0 Å². The molecule has 138 valence electrons. The minimum Gasteiger partial charge on any atom is -0.396 e. The van der Waals surface area contributed by atoms with Crippen LogP contribution in [0, 0.1) is 0 Å². The number of carbonyl (C=O) groups excluding carboxylic acids is 1. The molecule has 7 heteroatoms. The second-order valence-electron chi connectivity index (χ2n) is 6.47. The molecule has 1 amide bonds. The summed E-state index contributed by atoms with van der Waals surface area (Å²) in [4.78, 5) is 24.3. The molecule has 1 aliphatic rings. The Balaban J connectivity index is 1.75. The van der Waals surface area contributed by atoms with Gasteiger partial charge < -0.3 is 20.2 Å². The van der Waals surface area contributed by atoms with E-state index in [1.807, 2.05) is 36.2 Å². The van der Waals surface area contributed by atoms with E-state index in [-0.39, 0.29) is 18.6 Å². The van der Waals surface area contributed by atoms with Crippen LogP contribution in [0.3, 0.4) is 0 Å². The molecule has 2 aromatic rings. The van der Waals surface area contributed by atoms with E-state index in [2.05, 4.69) is 27.4 Å². The average molecular weight is 355 g/mol. The van der Waals surface area contributed by atoms with E-state index in [1.54, 1.807) is 4.90 Å². The third-order valence-corrected chi connectivity index (χ3v) is 4.61. The van der Waals surface area contributed by atoms with Crippen LogP contribution in [0.1, 0.15) is 24.4 Å². The molecule has 0 saturated carbocycles. The Morgan fingerprint density at radius 1 is 1.23 bits per heavy atom. The summed E-state index contributed by atoms with van der Waals surface area (Å²) >= 11 is 0. The van der Waals surface area contributed by atoms with Gasteiger partial charge in [0, 0.05) is 32.8 Å². The van der Waals surface area contributed by atoms with E-state index in [1.165, 1.54) is 6.33 Å². The van der Waals surface area contributed by atoms with Crippen molar-refractivity contribution < 1.29 is 9.90 Å². The average Bonchev–Trinajstić information content (AvgIpc) is 2.68. The number of rotatable bonds is 7. The zero-order valence-electron chi connectivity index (χ0n) is 15.0. The van der Waals surface area contributed by atoms with Crippen molar-refractivity contribution in [1.82, 2.24) is 14.9 Å². The molecule has 1 atom stereocenters. The minimum absolute atomic E-state index is 0.0558. The molecule has 1 aromatic heterocycles. The highest BCUT2D eigenvalue weighted by molar-refractivity contribution is 5.82. The van der Waals surface area contributed by atoms with Gasteiger partial charge in [0.1, 0.15) is 18.0 Å². The van der Waals surface area contributed by atoms with Gasteiger partial charge in [-0.2, -0.15) is 0 Å². The second-order valence-corrected chi connectivity index (χ2v) is 6.47. The predicted octanol–water partition coefficient (Wildman–Crippen LogP) is 1.68. The quantitative estimate of drug-likeness (QED) is 0.786. The van der Waals surface area contributed by atoms with Crippen molar-refractivity contribution in [2.45, 2.75) is 18.9 Å². The number of nitrogens with one attached hydrogen (secondary N) is 1. The summed E-state index contributed by atoms with van der Waals surface area (Å²) in [5, 5.41) is 12.6. The molecule has 0 spiro atoms.